The molecule has 1 amide bonds. The highest BCUT2D eigenvalue weighted by molar-refractivity contribution is 5.95. The van der Waals surface area contributed by atoms with Crippen molar-refractivity contribution in [1.82, 2.24) is 9.47 Å². The van der Waals surface area contributed by atoms with Crippen molar-refractivity contribution >= 4 is 28.7 Å². The zero-order valence-corrected chi connectivity index (χ0v) is 23.8. The highest BCUT2D eigenvalue weighted by atomic mass is 16.6. The Morgan fingerprint density at radius 3 is 2.65 bits per heavy atom. The quantitative estimate of drug-likeness (QED) is 0.203. The van der Waals surface area contributed by atoms with E-state index in [4.69, 9.17) is 14.3 Å². The lowest BCUT2D eigenvalue weighted by molar-refractivity contribution is -0.122. The lowest BCUT2D eigenvalue weighted by Crippen LogP contribution is -2.35. The lowest BCUT2D eigenvalue weighted by Gasteiger charge is -2.40. The number of para-hydroxylation sites is 1. The Morgan fingerprint density at radius 1 is 1.10 bits per heavy atom. The second kappa shape index (κ2) is 10.9. The zero-order valence-electron chi connectivity index (χ0n) is 23.8. The fourth-order valence-electron chi connectivity index (χ4n) is 6.70. The van der Waals surface area contributed by atoms with Crippen molar-refractivity contribution in [1.29, 1.82) is 0 Å². The molecule has 0 spiro atoms. The molecule has 2 bridgehead atoms. The van der Waals surface area contributed by atoms with Crippen LogP contribution >= 0.6 is 0 Å². The number of methoxy groups -OCH3 is 2. The van der Waals surface area contributed by atoms with E-state index < -0.39 is 12.5 Å². The molecule has 1 N–H and O–H groups in total. The zero-order chi connectivity index (χ0) is 28.5. The predicted octanol–water partition coefficient (Wildman–Crippen LogP) is 5.88. The number of fused-ring (bicyclic) bond motifs is 3. The van der Waals surface area contributed by atoms with Gasteiger partial charge in [0.25, 0.3) is 0 Å². The van der Waals surface area contributed by atoms with E-state index in [0.717, 1.165) is 23.9 Å². The molecule has 2 aliphatic rings. The van der Waals surface area contributed by atoms with Gasteiger partial charge >= 0.3 is 5.91 Å². The van der Waals surface area contributed by atoms with Crippen LogP contribution in [-0.2, 0) is 16.3 Å². The normalized spacial score (nSPS) is 22.4. The van der Waals surface area contributed by atoms with Crippen LogP contribution in [0.4, 0.5) is 5.69 Å². The van der Waals surface area contributed by atoms with E-state index in [0.29, 0.717) is 35.2 Å². The van der Waals surface area contributed by atoms with Crippen LogP contribution in [0.1, 0.15) is 45.6 Å². The van der Waals surface area contributed by atoms with E-state index in [9.17, 15) is 9.90 Å². The van der Waals surface area contributed by atoms with Gasteiger partial charge in [0.05, 0.1) is 32.6 Å². The maximum absolute atomic E-state index is 12.4. The minimum atomic E-state index is -0.621. The number of benzene rings is 2. The molecule has 0 unspecified atom stereocenters. The third-order valence-corrected chi connectivity index (χ3v) is 7.90. The first kappa shape index (κ1) is 27.6. The molecular weight excluding hydrogens is 510 g/mol. The van der Waals surface area contributed by atoms with Crippen LogP contribution in [-0.4, -0.2) is 60.1 Å². The minimum Gasteiger partial charge on any atom is -0.493 e. The average Bonchev–Trinajstić information content (AvgIpc) is 3.32. The number of ether oxygens (including phenoxy) is 2. The number of azo groups is 1. The summed E-state index contributed by atoms with van der Waals surface area (Å²) in [7, 11) is 3.11. The number of oxime groups is 1. The minimum absolute atomic E-state index is 0.00370. The van der Waals surface area contributed by atoms with Gasteiger partial charge in [0.2, 0.25) is 5.88 Å². The summed E-state index contributed by atoms with van der Waals surface area (Å²) >= 11 is 0. The standard InChI is InChI=1S/C30H37N5O5/c1-29(2)13-21-14-30(3,17-29)18-34(21)19-35-23-9-7-6-8-22(23)27(28(35)37)33-32-26(36)16-40-31-15-20-10-11-24(38-4)25(12-20)39-5/h6-12,15,21,37H,13-14,16-19H2,1-5H3/b31-15-,33-32?/t21-,30+/m0/s1. The summed E-state index contributed by atoms with van der Waals surface area (Å²) in [6.07, 6.45) is 4.97. The first-order valence-electron chi connectivity index (χ1n) is 13.5. The van der Waals surface area contributed by atoms with Crippen LogP contribution in [0.5, 0.6) is 17.4 Å². The Kier molecular flexibility index (Phi) is 7.55. The summed E-state index contributed by atoms with van der Waals surface area (Å²) in [5, 5.41) is 23.7. The van der Waals surface area contributed by atoms with Gasteiger partial charge in [0.1, 0.15) is 0 Å². The van der Waals surface area contributed by atoms with Gasteiger partial charge in [-0.15, -0.1) is 10.2 Å². The fraction of sp³-hybridized carbons (Fsp3) is 0.467. The Balaban J connectivity index is 1.27. The van der Waals surface area contributed by atoms with E-state index in [1.807, 2.05) is 28.8 Å². The molecule has 212 valence electrons. The van der Waals surface area contributed by atoms with Gasteiger partial charge in [-0.1, -0.05) is 44.1 Å². The molecule has 5 rings (SSSR count). The van der Waals surface area contributed by atoms with Gasteiger partial charge in [-0.25, -0.2) is 0 Å². The van der Waals surface area contributed by atoms with Crippen molar-refractivity contribution in [2.75, 3.05) is 27.4 Å². The SMILES string of the molecule is COc1ccc(/C=N\OCC(=O)N=Nc2c(O)n(CN3C[C@]4(C)C[C@@H]3CC(C)(C)C4)c3ccccc23)cc1OC. The summed E-state index contributed by atoms with van der Waals surface area (Å²) < 4.78 is 12.4. The molecule has 3 aromatic rings. The summed E-state index contributed by atoms with van der Waals surface area (Å²) in [6, 6.07) is 13.4. The Labute approximate surface area is 234 Å². The third kappa shape index (κ3) is 5.67. The molecule has 1 saturated heterocycles. The second-order valence-corrected chi connectivity index (χ2v) is 11.9. The molecule has 40 heavy (non-hydrogen) atoms. The first-order valence-corrected chi connectivity index (χ1v) is 13.5. The summed E-state index contributed by atoms with van der Waals surface area (Å²) in [5.74, 6) is 0.531. The smallest absolute Gasteiger partial charge is 0.304 e. The molecule has 2 aromatic carbocycles. The number of aromatic hydroxyl groups is 1. The largest absolute Gasteiger partial charge is 0.493 e. The molecule has 0 radical (unpaired) electrons. The number of carbonyl (C=O) groups is 1. The molecule has 1 aromatic heterocycles. The number of amides is 1. The highest BCUT2D eigenvalue weighted by Crippen LogP contribution is 2.53. The van der Waals surface area contributed by atoms with Gasteiger partial charge in [-0.2, -0.15) is 0 Å². The summed E-state index contributed by atoms with van der Waals surface area (Å²) in [4.78, 5) is 20.0. The summed E-state index contributed by atoms with van der Waals surface area (Å²) in [6.45, 7) is 8.23. The molecular formula is C30H37N5O5. The van der Waals surface area contributed by atoms with Crippen LogP contribution in [0.15, 0.2) is 57.8 Å². The number of rotatable bonds is 9. The molecule has 2 fully saturated rings. The molecule has 2 atom stereocenters. The maximum atomic E-state index is 12.4. The van der Waals surface area contributed by atoms with Crippen molar-refractivity contribution in [3.05, 3.63) is 48.0 Å². The molecule has 2 heterocycles. The van der Waals surface area contributed by atoms with E-state index in [1.165, 1.54) is 19.1 Å². The summed E-state index contributed by atoms with van der Waals surface area (Å²) in [5.41, 5.74) is 2.42. The highest BCUT2D eigenvalue weighted by Gasteiger charge is 2.49. The molecule has 1 aliphatic heterocycles. The van der Waals surface area contributed by atoms with Gasteiger partial charge < -0.3 is 19.4 Å². The van der Waals surface area contributed by atoms with Gasteiger partial charge in [-0.05, 0) is 54.4 Å². The lowest BCUT2D eigenvalue weighted by atomic mass is 9.65. The number of likely N-dealkylation sites (tertiary alicyclic amines) is 1. The van der Waals surface area contributed by atoms with Crippen molar-refractivity contribution < 1.29 is 24.2 Å². The van der Waals surface area contributed by atoms with Gasteiger partial charge in [0, 0.05) is 23.5 Å². The van der Waals surface area contributed by atoms with E-state index >= 15 is 0 Å². The Bertz CT molecular complexity index is 1460. The molecule has 10 nitrogen and oxygen atoms in total. The average molecular weight is 548 g/mol. The van der Waals surface area contributed by atoms with E-state index in [2.05, 4.69) is 41.1 Å². The first-order chi connectivity index (χ1) is 19.1. The number of hydrogen-bond donors (Lipinski definition) is 1. The van der Waals surface area contributed by atoms with E-state index in [1.54, 1.807) is 32.4 Å². The van der Waals surface area contributed by atoms with Crippen LogP contribution in [0.2, 0.25) is 0 Å². The van der Waals surface area contributed by atoms with Gasteiger partial charge in [0.15, 0.2) is 23.8 Å². The monoisotopic (exact) mass is 547 g/mol. The Hall–Kier alpha value is -3.92. The number of carbonyl (C=O) groups excluding carboxylic acids is 1. The second-order valence-electron chi connectivity index (χ2n) is 11.9. The Morgan fingerprint density at radius 2 is 1.88 bits per heavy atom. The van der Waals surface area contributed by atoms with Crippen LogP contribution in [0.25, 0.3) is 10.9 Å². The molecule has 1 aliphatic carbocycles. The molecule has 1 saturated carbocycles. The third-order valence-electron chi connectivity index (χ3n) is 7.90. The van der Waals surface area contributed by atoms with Crippen LogP contribution < -0.4 is 9.47 Å². The van der Waals surface area contributed by atoms with Crippen LogP contribution in [0.3, 0.4) is 0 Å². The number of aromatic nitrogens is 1. The van der Waals surface area contributed by atoms with Crippen molar-refractivity contribution in [2.24, 2.45) is 26.2 Å². The topological polar surface area (TPSA) is 110 Å². The van der Waals surface area contributed by atoms with Crippen molar-refractivity contribution in [3.8, 4) is 17.4 Å². The maximum Gasteiger partial charge on any atom is 0.304 e. The van der Waals surface area contributed by atoms with Gasteiger partial charge in [-0.3, -0.25) is 14.3 Å². The van der Waals surface area contributed by atoms with E-state index in [-0.39, 0.29) is 17.0 Å². The number of hydrogen-bond acceptors (Lipinski definition) is 8. The van der Waals surface area contributed by atoms with Crippen LogP contribution in [0, 0.1) is 10.8 Å². The van der Waals surface area contributed by atoms with Crippen molar-refractivity contribution in [2.45, 2.75) is 52.7 Å². The number of nitrogens with zero attached hydrogens (tertiary/aromatic N) is 5. The predicted molar refractivity (Wildman–Crippen MR) is 152 cm³/mol. The van der Waals surface area contributed by atoms with Crippen molar-refractivity contribution in [3.63, 3.8) is 0 Å². The fourth-order valence-corrected chi connectivity index (χ4v) is 6.70. The molecule has 10 heteroatoms.